The zero-order valence-corrected chi connectivity index (χ0v) is 11.1. The van der Waals surface area contributed by atoms with Gasteiger partial charge in [0.2, 0.25) is 6.41 Å². The van der Waals surface area contributed by atoms with Crippen molar-refractivity contribution in [2.45, 2.75) is 18.9 Å². The molecule has 0 bridgehead atoms. The minimum absolute atomic E-state index is 0.313. The molecule has 1 N–H and O–H groups in total. The number of hydrogen-bond acceptors (Lipinski definition) is 3. The molecule has 1 saturated heterocycles. The molecule has 1 fully saturated rings. The SMILES string of the molecule is CNc1ccccc1N(C=O)C1CCN(C)CC1. The second-order valence-electron chi connectivity index (χ2n) is 4.81. The van der Waals surface area contributed by atoms with Gasteiger partial charge in [-0.15, -0.1) is 0 Å². The van der Waals surface area contributed by atoms with E-state index in [0.29, 0.717) is 6.04 Å². The normalized spacial score (nSPS) is 17.4. The molecule has 4 nitrogen and oxygen atoms in total. The first-order valence-electron chi connectivity index (χ1n) is 6.45. The van der Waals surface area contributed by atoms with E-state index in [1.54, 1.807) is 0 Å². The van der Waals surface area contributed by atoms with Gasteiger partial charge in [-0.3, -0.25) is 4.79 Å². The lowest BCUT2D eigenvalue weighted by Crippen LogP contribution is -2.43. The number of rotatable bonds is 4. The molecule has 18 heavy (non-hydrogen) atoms. The van der Waals surface area contributed by atoms with Crippen LogP contribution >= 0.6 is 0 Å². The number of nitrogens with one attached hydrogen (secondary N) is 1. The number of para-hydroxylation sites is 2. The predicted octanol–water partition coefficient (Wildman–Crippen LogP) is 1.79. The Labute approximate surface area is 109 Å². The molecule has 0 saturated carbocycles. The summed E-state index contributed by atoms with van der Waals surface area (Å²) in [5.41, 5.74) is 1.98. The second-order valence-corrected chi connectivity index (χ2v) is 4.81. The van der Waals surface area contributed by atoms with Crippen molar-refractivity contribution in [3.63, 3.8) is 0 Å². The first-order valence-corrected chi connectivity index (χ1v) is 6.45. The molecular formula is C14H21N3O. The Morgan fingerprint density at radius 3 is 2.61 bits per heavy atom. The maximum absolute atomic E-state index is 11.4. The maximum Gasteiger partial charge on any atom is 0.214 e. The van der Waals surface area contributed by atoms with E-state index in [4.69, 9.17) is 0 Å². The Morgan fingerprint density at radius 1 is 1.33 bits per heavy atom. The summed E-state index contributed by atoms with van der Waals surface area (Å²) in [5, 5.41) is 3.15. The molecule has 0 spiro atoms. The van der Waals surface area contributed by atoms with Crippen LogP contribution in [0.15, 0.2) is 24.3 Å². The number of piperidine rings is 1. The van der Waals surface area contributed by atoms with Gasteiger partial charge in [0.25, 0.3) is 0 Å². The largest absolute Gasteiger partial charge is 0.386 e. The van der Waals surface area contributed by atoms with E-state index in [1.165, 1.54) is 0 Å². The fraction of sp³-hybridized carbons (Fsp3) is 0.500. The molecule has 1 aromatic rings. The number of likely N-dealkylation sites (tertiary alicyclic amines) is 1. The minimum Gasteiger partial charge on any atom is -0.386 e. The molecule has 4 heteroatoms. The third-order valence-corrected chi connectivity index (χ3v) is 3.65. The van der Waals surface area contributed by atoms with Gasteiger partial charge in [-0.25, -0.2) is 0 Å². The average Bonchev–Trinajstić information content (AvgIpc) is 2.42. The third kappa shape index (κ3) is 2.64. The van der Waals surface area contributed by atoms with Gasteiger partial charge in [0.05, 0.1) is 11.4 Å². The van der Waals surface area contributed by atoms with E-state index >= 15 is 0 Å². The van der Waals surface area contributed by atoms with Crippen LogP contribution in [-0.4, -0.2) is 44.5 Å². The smallest absolute Gasteiger partial charge is 0.214 e. The lowest BCUT2D eigenvalue weighted by Gasteiger charge is -2.35. The summed E-state index contributed by atoms with van der Waals surface area (Å²) in [7, 11) is 4.01. The summed E-state index contributed by atoms with van der Waals surface area (Å²) in [6.45, 7) is 2.10. The Hall–Kier alpha value is -1.55. The number of amides is 1. The highest BCUT2D eigenvalue weighted by molar-refractivity contribution is 5.84. The molecule has 0 aromatic heterocycles. The molecule has 0 aliphatic carbocycles. The average molecular weight is 247 g/mol. The molecular weight excluding hydrogens is 226 g/mol. The number of anilines is 2. The van der Waals surface area contributed by atoms with Gasteiger partial charge in [0, 0.05) is 13.1 Å². The summed E-state index contributed by atoms with van der Waals surface area (Å²) >= 11 is 0. The van der Waals surface area contributed by atoms with E-state index in [1.807, 2.05) is 36.2 Å². The van der Waals surface area contributed by atoms with E-state index < -0.39 is 0 Å². The van der Waals surface area contributed by atoms with Gasteiger partial charge < -0.3 is 15.1 Å². The van der Waals surface area contributed by atoms with Crippen LogP contribution < -0.4 is 10.2 Å². The maximum atomic E-state index is 11.4. The van der Waals surface area contributed by atoms with Gasteiger partial charge in [-0.2, -0.15) is 0 Å². The summed E-state index contributed by atoms with van der Waals surface area (Å²) in [6.07, 6.45) is 3.03. The van der Waals surface area contributed by atoms with Crippen molar-refractivity contribution in [3.8, 4) is 0 Å². The van der Waals surface area contributed by atoms with Crippen LogP contribution in [0.3, 0.4) is 0 Å². The minimum atomic E-state index is 0.313. The van der Waals surface area contributed by atoms with Crippen LogP contribution in [0, 0.1) is 0 Å². The van der Waals surface area contributed by atoms with Gasteiger partial charge >= 0.3 is 0 Å². The topological polar surface area (TPSA) is 35.6 Å². The van der Waals surface area contributed by atoms with E-state index in [2.05, 4.69) is 17.3 Å². The van der Waals surface area contributed by atoms with Crippen molar-refractivity contribution < 1.29 is 4.79 Å². The number of nitrogens with zero attached hydrogens (tertiary/aromatic N) is 2. The van der Waals surface area contributed by atoms with Crippen LogP contribution in [0.1, 0.15) is 12.8 Å². The first kappa shape index (κ1) is 12.9. The second kappa shape index (κ2) is 5.87. The van der Waals surface area contributed by atoms with Crippen LogP contribution in [0.25, 0.3) is 0 Å². The molecule has 0 atom stereocenters. The molecule has 0 unspecified atom stereocenters. The molecule has 1 heterocycles. The molecule has 1 aliphatic heterocycles. The Bertz CT molecular complexity index is 400. The summed E-state index contributed by atoms with van der Waals surface area (Å²) in [6, 6.07) is 8.27. The van der Waals surface area contributed by atoms with E-state index in [9.17, 15) is 4.79 Å². The van der Waals surface area contributed by atoms with Crippen molar-refractivity contribution in [1.29, 1.82) is 0 Å². The summed E-state index contributed by atoms with van der Waals surface area (Å²) < 4.78 is 0. The van der Waals surface area contributed by atoms with Crippen molar-refractivity contribution >= 4 is 17.8 Å². The monoisotopic (exact) mass is 247 g/mol. The van der Waals surface area contributed by atoms with E-state index in [0.717, 1.165) is 43.7 Å². The van der Waals surface area contributed by atoms with E-state index in [-0.39, 0.29) is 0 Å². The summed E-state index contributed by atoms with van der Waals surface area (Å²) in [4.78, 5) is 15.6. The zero-order chi connectivity index (χ0) is 13.0. The molecule has 1 amide bonds. The van der Waals surface area contributed by atoms with Crippen molar-refractivity contribution in [1.82, 2.24) is 4.90 Å². The quantitative estimate of drug-likeness (QED) is 0.824. The van der Waals surface area contributed by atoms with Gasteiger partial charge in [-0.1, -0.05) is 12.1 Å². The number of carbonyl (C=O) groups excluding carboxylic acids is 1. The lowest BCUT2D eigenvalue weighted by atomic mass is 10.0. The molecule has 1 aliphatic rings. The molecule has 1 aromatic carbocycles. The fourth-order valence-corrected chi connectivity index (χ4v) is 2.52. The Balaban J connectivity index is 2.20. The van der Waals surface area contributed by atoms with Crippen LogP contribution in [-0.2, 0) is 4.79 Å². The van der Waals surface area contributed by atoms with Crippen LogP contribution in [0.2, 0.25) is 0 Å². The Morgan fingerprint density at radius 2 is 2.00 bits per heavy atom. The molecule has 2 rings (SSSR count). The predicted molar refractivity (Wildman–Crippen MR) is 75.1 cm³/mol. The van der Waals surface area contributed by atoms with Gasteiger partial charge in [0.15, 0.2) is 0 Å². The number of benzene rings is 1. The van der Waals surface area contributed by atoms with Gasteiger partial charge in [0.1, 0.15) is 0 Å². The highest BCUT2D eigenvalue weighted by atomic mass is 16.1. The highest BCUT2D eigenvalue weighted by Gasteiger charge is 2.24. The van der Waals surface area contributed by atoms with Crippen LogP contribution in [0.5, 0.6) is 0 Å². The highest BCUT2D eigenvalue weighted by Crippen LogP contribution is 2.28. The molecule has 0 radical (unpaired) electrons. The van der Waals surface area contributed by atoms with Gasteiger partial charge in [-0.05, 0) is 45.1 Å². The lowest BCUT2D eigenvalue weighted by molar-refractivity contribution is -0.108. The number of carbonyl (C=O) groups is 1. The first-order chi connectivity index (χ1) is 8.76. The van der Waals surface area contributed by atoms with Crippen molar-refractivity contribution in [2.75, 3.05) is 37.4 Å². The molecule has 98 valence electrons. The third-order valence-electron chi connectivity index (χ3n) is 3.65. The Kier molecular flexibility index (Phi) is 4.20. The number of hydrogen-bond donors (Lipinski definition) is 1. The summed E-state index contributed by atoms with van der Waals surface area (Å²) in [5.74, 6) is 0. The fourth-order valence-electron chi connectivity index (χ4n) is 2.52. The van der Waals surface area contributed by atoms with Crippen LogP contribution in [0.4, 0.5) is 11.4 Å². The van der Waals surface area contributed by atoms with Crippen molar-refractivity contribution in [2.24, 2.45) is 0 Å². The van der Waals surface area contributed by atoms with Crippen molar-refractivity contribution in [3.05, 3.63) is 24.3 Å². The standard InChI is InChI=1S/C14H21N3O/c1-15-13-5-3-4-6-14(13)17(11-18)12-7-9-16(2)10-8-12/h3-6,11-12,15H,7-10H2,1-2H3. The zero-order valence-electron chi connectivity index (χ0n) is 11.1.